The van der Waals surface area contributed by atoms with Gasteiger partial charge >= 0.3 is 5.97 Å². The van der Waals surface area contributed by atoms with Gasteiger partial charge in [0.05, 0.1) is 12.1 Å². The fourth-order valence-electron chi connectivity index (χ4n) is 2.72. The number of carboxylic acids is 1. The topological polar surface area (TPSA) is 140 Å². The number of nitrogens with one attached hydrogen (secondary N) is 1. The van der Waals surface area contributed by atoms with Gasteiger partial charge in [-0.25, -0.2) is 9.79 Å². The number of carbonyl (C=O) groups is 2. The van der Waals surface area contributed by atoms with Gasteiger partial charge in [-0.1, -0.05) is 26.7 Å². The van der Waals surface area contributed by atoms with Crippen LogP contribution in [0.4, 0.5) is 0 Å². The number of carbonyl (C=O) groups excluding carboxylic acids is 1. The van der Waals surface area contributed by atoms with E-state index in [0.29, 0.717) is 12.3 Å². The van der Waals surface area contributed by atoms with Crippen molar-refractivity contribution in [3.8, 4) is 0 Å². The van der Waals surface area contributed by atoms with Crippen LogP contribution in [-0.4, -0.2) is 41.1 Å². The lowest BCUT2D eigenvalue weighted by atomic mass is 9.88. The number of carboxylic acid groups (broad SMARTS) is 1. The smallest absolute Gasteiger partial charge is 0.370 e. The molecule has 23 heavy (non-hydrogen) atoms. The molecule has 0 fully saturated rings. The van der Waals surface area contributed by atoms with Gasteiger partial charge in [0, 0.05) is 6.92 Å². The monoisotopic (exact) mass is 326 g/mol. The number of hydrogen-bond acceptors (Lipinski definition) is 4. The van der Waals surface area contributed by atoms with Crippen LogP contribution in [-0.2, 0) is 14.3 Å². The number of nitrogens with two attached hydrogens (primary N) is 2. The molecule has 1 heterocycles. The number of amides is 1. The van der Waals surface area contributed by atoms with Gasteiger partial charge in [-0.05, 0) is 18.4 Å². The van der Waals surface area contributed by atoms with E-state index in [9.17, 15) is 14.7 Å². The van der Waals surface area contributed by atoms with Crippen molar-refractivity contribution in [2.24, 2.45) is 22.4 Å². The van der Waals surface area contributed by atoms with Crippen LogP contribution in [0.5, 0.6) is 0 Å². The molecule has 0 aromatic carbocycles. The Morgan fingerprint density at radius 1 is 1.39 bits per heavy atom. The van der Waals surface area contributed by atoms with Gasteiger partial charge in [0.15, 0.2) is 5.96 Å². The minimum Gasteiger partial charge on any atom is -0.481 e. The third-order valence-electron chi connectivity index (χ3n) is 3.97. The van der Waals surface area contributed by atoms with E-state index < -0.39 is 24.2 Å². The highest BCUT2D eigenvalue weighted by Gasteiger charge is 2.38. The van der Waals surface area contributed by atoms with Gasteiger partial charge in [-0.15, -0.1) is 0 Å². The predicted molar refractivity (Wildman–Crippen MR) is 86.5 cm³/mol. The molecule has 1 rings (SSSR count). The maximum atomic E-state index is 11.5. The summed E-state index contributed by atoms with van der Waals surface area (Å²) in [6, 6.07) is -1.19. The van der Waals surface area contributed by atoms with E-state index in [0.717, 1.165) is 12.8 Å². The molecule has 0 aromatic heterocycles. The van der Waals surface area contributed by atoms with Gasteiger partial charge in [-0.3, -0.25) is 4.79 Å². The number of hydrogen-bond donors (Lipinski definition) is 4. The largest absolute Gasteiger partial charge is 0.481 e. The van der Waals surface area contributed by atoms with Gasteiger partial charge in [0.1, 0.15) is 6.10 Å². The first kappa shape index (κ1) is 18.8. The second-order valence-corrected chi connectivity index (χ2v) is 5.68. The van der Waals surface area contributed by atoms with E-state index in [1.807, 2.05) is 0 Å². The van der Waals surface area contributed by atoms with Gasteiger partial charge in [-0.2, -0.15) is 0 Å². The van der Waals surface area contributed by atoms with Gasteiger partial charge in [0.25, 0.3) is 0 Å². The maximum absolute atomic E-state index is 11.5. The SMILES string of the molecule is CCC(CC)C[C@@H]1OC(C(=O)O)=C[C@H](N=C(N)N)[C@H]1NC(C)=O. The third-order valence-corrected chi connectivity index (χ3v) is 3.97. The molecule has 130 valence electrons. The lowest BCUT2D eigenvalue weighted by molar-refractivity contribution is -0.139. The summed E-state index contributed by atoms with van der Waals surface area (Å²) in [7, 11) is 0. The van der Waals surface area contributed by atoms with Crippen molar-refractivity contribution in [1.82, 2.24) is 5.32 Å². The van der Waals surface area contributed by atoms with Crippen molar-refractivity contribution < 1.29 is 19.4 Å². The molecule has 6 N–H and O–H groups in total. The van der Waals surface area contributed by atoms with E-state index in [-0.39, 0.29) is 17.6 Å². The zero-order valence-electron chi connectivity index (χ0n) is 13.8. The fourth-order valence-corrected chi connectivity index (χ4v) is 2.72. The second-order valence-electron chi connectivity index (χ2n) is 5.68. The Bertz CT molecular complexity index is 496. The van der Waals surface area contributed by atoms with Crippen LogP contribution in [0.2, 0.25) is 0 Å². The van der Waals surface area contributed by atoms with E-state index in [4.69, 9.17) is 16.2 Å². The zero-order chi connectivity index (χ0) is 17.6. The molecule has 0 saturated heterocycles. The van der Waals surface area contributed by atoms with Gasteiger partial charge < -0.3 is 26.6 Å². The lowest BCUT2D eigenvalue weighted by Gasteiger charge is -2.36. The van der Waals surface area contributed by atoms with E-state index in [1.165, 1.54) is 13.0 Å². The molecule has 0 bridgehead atoms. The van der Waals surface area contributed by atoms with Crippen LogP contribution in [0, 0.1) is 5.92 Å². The Morgan fingerprint density at radius 3 is 2.43 bits per heavy atom. The zero-order valence-corrected chi connectivity index (χ0v) is 13.8. The molecule has 1 aliphatic heterocycles. The van der Waals surface area contributed by atoms with Crippen LogP contribution in [0.15, 0.2) is 16.8 Å². The average molecular weight is 326 g/mol. The summed E-state index contributed by atoms with van der Waals surface area (Å²) in [5, 5.41) is 12.0. The van der Waals surface area contributed by atoms with Crippen LogP contribution in [0.3, 0.4) is 0 Å². The molecule has 3 atom stereocenters. The normalized spacial score (nSPS) is 23.7. The van der Waals surface area contributed by atoms with Crippen LogP contribution >= 0.6 is 0 Å². The van der Waals surface area contributed by atoms with Crippen LogP contribution in [0.1, 0.15) is 40.0 Å². The van der Waals surface area contributed by atoms with Crippen LogP contribution < -0.4 is 16.8 Å². The Hall–Kier alpha value is -2.25. The van der Waals surface area contributed by atoms with Crippen molar-refractivity contribution in [2.45, 2.75) is 58.2 Å². The number of rotatable bonds is 7. The van der Waals surface area contributed by atoms with E-state index >= 15 is 0 Å². The third kappa shape index (κ3) is 5.46. The van der Waals surface area contributed by atoms with Crippen molar-refractivity contribution in [1.29, 1.82) is 0 Å². The molecular formula is C15H26N4O4. The molecule has 1 aliphatic rings. The summed E-state index contributed by atoms with van der Waals surface area (Å²) in [5.41, 5.74) is 10.9. The molecular weight excluding hydrogens is 300 g/mol. The Balaban J connectivity index is 3.17. The highest BCUT2D eigenvalue weighted by molar-refractivity contribution is 5.85. The summed E-state index contributed by atoms with van der Waals surface area (Å²) in [6.45, 7) is 5.51. The summed E-state index contributed by atoms with van der Waals surface area (Å²) < 4.78 is 5.60. The fraction of sp³-hybridized carbons (Fsp3) is 0.667. The molecule has 0 aliphatic carbocycles. The van der Waals surface area contributed by atoms with Crippen molar-refractivity contribution in [3.63, 3.8) is 0 Å². The Labute approximate surface area is 136 Å². The van der Waals surface area contributed by atoms with Gasteiger partial charge in [0.2, 0.25) is 11.7 Å². The molecule has 1 amide bonds. The first-order valence-corrected chi connectivity index (χ1v) is 7.76. The lowest BCUT2D eigenvalue weighted by Crippen LogP contribution is -2.53. The first-order valence-electron chi connectivity index (χ1n) is 7.76. The first-order chi connectivity index (χ1) is 10.8. The number of guanidine groups is 1. The summed E-state index contributed by atoms with van der Waals surface area (Å²) in [5.74, 6) is -1.45. The molecule has 0 radical (unpaired) electrons. The number of nitrogens with zero attached hydrogens (tertiary/aromatic N) is 1. The minimum absolute atomic E-state index is 0.172. The Morgan fingerprint density at radius 2 is 2.00 bits per heavy atom. The van der Waals surface area contributed by atoms with Crippen molar-refractivity contribution in [3.05, 3.63) is 11.8 Å². The van der Waals surface area contributed by atoms with E-state index in [1.54, 1.807) is 0 Å². The quantitative estimate of drug-likeness (QED) is 0.392. The van der Waals surface area contributed by atoms with Crippen molar-refractivity contribution >= 4 is 17.8 Å². The maximum Gasteiger partial charge on any atom is 0.370 e. The highest BCUT2D eigenvalue weighted by Crippen LogP contribution is 2.27. The predicted octanol–water partition coefficient (Wildman–Crippen LogP) is 0.327. The number of aliphatic carboxylic acids is 1. The van der Waals surface area contributed by atoms with Crippen molar-refractivity contribution in [2.75, 3.05) is 0 Å². The van der Waals surface area contributed by atoms with Crippen LogP contribution in [0.25, 0.3) is 0 Å². The average Bonchev–Trinajstić information content (AvgIpc) is 2.46. The molecule has 8 heteroatoms. The number of ether oxygens (including phenoxy) is 1. The molecule has 8 nitrogen and oxygen atoms in total. The second kappa shape index (κ2) is 8.40. The highest BCUT2D eigenvalue weighted by atomic mass is 16.5. The molecule has 0 saturated carbocycles. The van der Waals surface area contributed by atoms with E-state index in [2.05, 4.69) is 24.2 Å². The number of aliphatic imine (C=N–C) groups is 1. The molecule has 0 aromatic rings. The minimum atomic E-state index is -1.18. The summed E-state index contributed by atoms with van der Waals surface area (Å²) in [6.07, 6.45) is 3.29. The molecule has 0 spiro atoms. The standard InChI is InChI=1S/C15H26N4O4/c1-4-9(5-2)6-11-13(18-8(3)20)10(19-15(16)17)7-12(23-11)14(21)22/h7,9-11,13H,4-6H2,1-3H3,(H,18,20)(H,21,22)(H4,16,17,19)/t10-,11-,13+/m0/s1. The Kier molecular flexibility index (Phi) is 6.87. The summed E-state index contributed by atoms with van der Waals surface area (Å²) in [4.78, 5) is 26.9. The summed E-state index contributed by atoms with van der Waals surface area (Å²) >= 11 is 0. The molecule has 0 unspecified atom stereocenters.